The highest BCUT2D eigenvalue weighted by Gasteiger charge is 2.12. The molecule has 1 aromatic carbocycles. The summed E-state index contributed by atoms with van der Waals surface area (Å²) >= 11 is 0. The third kappa shape index (κ3) is 3.56. The molecule has 0 N–H and O–H groups in total. The highest BCUT2D eigenvalue weighted by Crippen LogP contribution is 2.24. The van der Waals surface area contributed by atoms with Crippen molar-refractivity contribution in [3.05, 3.63) is 54.1 Å². The highest BCUT2D eigenvalue weighted by atomic mass is 16.1. The third-order valence-corrected chi connectivity index (χ3v) is 3.60. The van der Waals surface area contributed by atoms with Gasteiger partial charge in [0, 0.05) is 18.3 Å². The summed E-state index contributed by atoms with van der Waals surface area (Å²) in [5.74, 6) is 0.0842. The zero-order chi connectivity index (χ0) is 14.4. The Hall–Kier alpha value is -1.90. The van der Waals surface area contributed by atoms with E-state index in [2.05, 4.69) is 40.7 Å². The topological polar surface area (TPSA) is 34.9 Å². The van der Waals surface area contributed by atoms with E-state index in [4.69, 9.17) is 0 Å². The first-order chi connectivity index (χ1) is 9.74. The second kappa shape index (κ2) is 7.04. The molecule has 1 aromatic heterocycles. The van der Waals surface area contributed by atoms with Crippen LogP contribution in [0.2, 0.25) is 0 Å². The Labute approximate surface area is 120 Å². The van der Waals surface area contributed by atoms with Crippen molar-refractivity contribution in [1.29, 1.82) is 0 Å². The number of aromatic nitrogens is 2. The number of aldehydes is 1. The fourth-order valence-electron chi connectivity index (χ4n) is 2.51. The van der Waals surface area contributed by atoms with Gasteiger partial charge in [-0.25, -0.2) is 4.98 Å². The predicted octanol–water partition coefficient (Wildman–Crippen LogP) is 3.65. The molecule has 0 aliphatic carbocycles. The van der Waals surface area contributed by atoms with E-state index < -0.39 is 0 Å². The minimum atomic E-state index is 0.0842. The van der Waals surface area contributed by atoms with Crippen molar-refractivity contribution >= 4 is 6.29 Å². The van der Waals surface area contributed by atoms with E-state index in [1.165, 1.54) is 11.1 Å². The lowest BCUT2D eigenvalue weighted by molar-refractivity contribution is -0.110. The monoisotopic (exact) mass is 270 g/mol. The molecule has 0 aliphatic rings. The van der Waals surface area contributed by atoms with E-state index in [1.807, 2.05) is 25.6 Å². The second-order valence-electron chi connectivity index (χ2n) is 5.37. The number of nitrogens with zero attached hydrogens (tertiary/aromatic N) is 2. The summed E-state index contributed by atoms with van der Waals surface area (Å²) < 4.78 is 2.16. The molecule has 0 amide bonds. The number of hydrogen-bond acceptors (Lipinski definition) is 2. The Morgan fingerprint density at radius 2 is 2.05 bits per heavy atom. The van der Waals surface area contributed by atoms with Crippen LogP contribution >= 0.6 is 0 Å². The molecule has 0 spiro atoms. The quantitative estimate of drug-likeness (QED) is 0.720. The molecule has 0 saturated heterocycles. The number of carbonyl (C=O) groups is 1. The Balaban J connectivity index is 2.16. The van der Waals surface area contributed by atoms with Gasteiger partial charge in [0.05, 0.1) is 12.4 Å². The molecule has 0 fully saturated rings. The molecule has 2 atom stereocenters. The second-order valence-corrected chi connectivity index (χ2v) is 5.37. The number of rotatable bonds is 7. The van der Waals surface area contributed by atoms with Gasteiger partial charge in [-0.3, -0.25) is 0 Å². The summed E-state index contributed by atoms with van der Waals surface area (Å²) in [6, 6.07) is 8.96. The molecule has 0 radical (unpaired) electrons. The lowest BCUT2D eigenvalue weighted by atomic mass is 9.97. The van der Waals surface area contributed by atoms with Crippen molar-refractivity contribution in [2.75, 3.05) is 0 Å². The molecule has 2 rings (SSSR count). The molecule has 20 heavy (non-hydrogen) atoms. The van der Waals surface area contributed by atoms with Gasteiger partial charge in [0.15, 0.2) is 0 Å². The lowest BCUT2D eigenvalue weighted by Gasteiger charge is -2.18. The SMILES string of the molecule is CCCC(c1ccc(CC(C)C=O)cc1)n1ccnc1. The molecular formula is C17H22N2O. The maximum absolute atomic E-state index is 10.7. The van der Waals surface area contributed by atoms with Gasteiger partial charge in [0.2, 0.25) is 0 Å². The Morgan fingerprint density at radius 1 is 1.30 bits per heavy atom. The third-order valence-electron chi connectivity index (χ3n) is 3.60. The maximum atomic E-state index is 10.7. The number of hydrogen-bond donors (Lipinski definition) is 0. The van der Waals surface area contributed by atoms with Crippen LogP contribution in [0.25, 0.3) is 0 Å². The molecule has 0 bridgehead atoms. The first-order valence-corrected chi connectivity index (χ1v) is 7.26. The highest BCUT2D eigenvalue weighted by molar-refractivity contribution is 5.53. The van der Waals surface area contributed by atoms with Gasteiger partial charge >= 0.3 is 0 Å². The van der Waals surface area contributed by atoms with E-state index in [9.17, 15) is 4.79 Å². The van der Waals surface area contributed by atoms with E-state index in [-0.39, 0.29) is 5.92 Å². The summed E-state index contributed by atoms with van der Waals surface area (Å²) in [5.41, 5.74) is 2.52. The van der Waals surface area contributed by atoms with E-state index in [0.717, 1.165) is 25.5 Å². The van der Waals surface area contributed by atoms with Crippen molar-refractivity contribution in [2.45, 2.75) is 39.2 Å². The van der Waals surface area contributed by atoms with Crippen LogP contribution in [0.4, 0.5) is 0 Å². The standard InChI is InChI=1S/C17H22N2O/c1-3-4-17(19-10-9-18-13-19)16-7-5-15(6-8-16)11-14(2)12-20/h5-10,12-14,17H,3-4,11H2,1-2H3. The lowest BCUT2D eigenvalue weighted by Crippen LogP contribution is -2.09. The Bertz CT molecular complexity index is 516. The van der Waals surface area contributed by atoms with Gasteiger partial charge in [0.1, 0.15) is 6.29 Å². The maximum Gasteiger partial charge on any atom is 0.123 e. The average molecular weight is 270 g/mol. The van der Waals surface area contributed by atoms with E-state index in [1.54, 1.807) is 0 Å². The van der Waals surface area contributed by atoms with Crippen molar-refractivity contribution in [2.24, 2.45) is 5.92 Å². The minimum Gasteiger partial charge on any atom is -0.330 e. The van der Waals surface area contributed by atoms with Crippen LogP contribution in [0.1, 0.15) is 43.9 Å². The Kier molecular flexibility index (Phi) is 5.10. The van der Waals surface area contributed by atoms with Gasteiger partial charge in [-0.2, -0.15) is 0 Å². The van der Waals surface area contributed by atoms with Crippen LogP contribution in [-0.4, -0.2) is 15.8 Å². The first kappa shape index (κ1) is 14.5. The molecule has 3 nitrogen and oxygen atoms in total. The van der Waals surface area contributed by atoms with Crippen LogP contribution in [0.3, 0.4) is 0 Å². The largest absolute Gasteiger partial charge is 0.330 e. The van der Waals surface area contributed by atoms with E-state index in [0.29, 0.717) is 6.04 Å². The molecular weight excluding hydrogens is 248 g/mol. The molecule has 3 heteroatoms. The summed E-state index contributed by atoms with van der Waals surface area (Å²) in [6.45, 7) is 4.15. The average Bonchev–Trinajstić information content (AvgIpc) is 2.99. The Morgan fingerprint density at radius 3 is 2.60 bits per heavy atom. The van der Waals surface area contributed by atoms with Crippen LogP contribution in [0, 0.1) is 5.92 Å². The molecule has 0 aliphatic heterocycles. The fraction of sp³-hybridized carbons (Fsp3) is 0.412. The molecule has 2 aromatic rings. The van der Waals surface area contributed by atoms with Gasteiger partial charge in [-0.05, 0) is 24.0 Å². The molecule has 106 valence electrons. The number of imidazole rings is 1. The van der Waals surface area contributed by atoms with Crippen molar-refractivity contribution in [1.82, 2.24) is 9.55 Å². The number of benzene rings is 1. The van der Waals surface area contributed by atoms with Crippen LogP contribution in [0.15, 0.2) is 43.0 Å². The first-order valence-electron chi connectivity index (χ1n) is 7.26. The predicted molar refractivity (Wildman–Crippen MR) is 80.6 cm³/mol. The summed E-state index contributed by atoms with van der Waals surface area (Å²) in [6.07, 6.45) is 9.77. The van der Waals surface area contributed by atoms with Gasteiger partial charge in [0.25, 0.3) is 0 Å². The minimum absolute atomic E-state index is 0.0842. The zero-order valence-electron chi connectivity index (χ0n) is 12.2. The van der Waals surface area contributed by atoms with Crippen molar-refractivity contribution in [3.63, 3.8) is 0 Å². The molecule has 0 saturated carbocycles. The van der Waals surface area contributed by atoms with Crippen molar-refractivity contribution < 1.29 is 4.79 Å². The van der Waals surface area contributed by atoms with Crippen LogP contribution in [0.5, 0.6) is 0 Å². The fourth-order valence-corrected chi connectivity index (χ4v) is 2.51. The summed E-state index contributed by atoms with van der Waals surface area (Å²) in [5, 5.41) is 0. The zero-order valence-corrected chi connectivity index (χ0v) is 12.2. The van der Waals surface area contributed by atoms with E-state index >= 15 is 0 Å². The number of carbonyl (C=O) groups excluding carboxylic acids is 1. The normalized spacial score (nSPS) is 13.9. The smallest absolute Gasteiger partial charge is 0.123 e. The summed E-state index contributed by atoms with van der Waals surface area (Å²) in [4.78, 5) is 14.9. The van der Waals surface area contributed by atoms with Gasteiger partial charge < -0.3 is 9.36 Å². The van der Waals surface area contributed by atoms with Gasteiger partial charge in [-0.15, -0.1) is 0 Å². The van der Waals surface area contributed by atoms with Crippen LogP contribution in [-0.2, 0) is 11.2 Å². The van der Waals surface area contributed by atoms with Crippen molar-refractivity contribution in [3.8, 4) is 0 Å². The van der Waals surface area contributed by atoms with Gasteiger partial charge in [-0.1, -0.05) is 44.5 Å². The molecule has 1 heterocycles. The van der Waals surface area contributed by atoms with Crippen LogP contribution < -0.4 is 0 Å². The molecule has 2 unspecified atom stereocenters. The summed E-state index contributed by atoms with van der Waals surface area (Å²) in [7, 11) is 0.